The van der Waals surface area contributed by atoms with Gasteiger partial charge in [-0.2, -0.15) is 0 Å². The van der Waals surface area contributed by atoms with E-state index in [0.29, 0.717) is 22.4 Å². The van der Waals surface area contributed by atoms with Crippen molar-refractivity contribution >= 4 is 23.5 Å². The first-order valence-corrected chi connectivity index (χ1v) is 6.94. The van der Waals surface area contributed by atoms with Crippen molar-refractivity contribution in [3.8, 4) is 0 Å². The van der Waals surface area contributed by atoms with E-state index < -0.39 is 0 Å². The van der Waals surface area contributed by atoms with Crippen LogP contribution in [0.25, 0.3) is 0 Å². The van der Waals surface area contributed by atoms with Gasteiger partial charge < -0.3 is 9.84 Å². The zero-order valence-corrected chi connectivity index (χ0v) is 12.0. The second kappa shape index (κ2) is 5.93. The summed E-state index contributed by atoms with van der Waals surface area (Å²) in [5, 5.41) is 6.93. The highest BCUT2D eigenvalue weighted by Gasteiger charge is 2.10. The summed E-state index contributed by atoms with van der Waals surface area (Å²) in [7, 11) is 0. The monoisotopic (exact) mass is 276 g/mol. The van der Waals surface area contributed by atoms with Crippen molar-refractivity contribution in [2.75, 3.05) is 5.32 Å². The van der Waals surface area contributed by atoms with Crippen LogP contribution in [0.2, 0.25) is 0 Å². The summed E-state index contributed by atoms with van der Waals surface area (Å²) in [6.45, 7) is 6.02. The van der Waals surface area contributed by atoms with Gasteiger partial charge in [0.2, 0.25) is 0 Å². The summed E-state index contributed by atoms with van der Waals surface area (Å²) in [6.07, 6.45) is 0. The highest BCUT2D eigenvalue weighted by Crippen LogP contribution is 2.23. The van der Waals surface area contributed by atoms with E-state index in [4.69, 9.17) is 4.52 Å². The van der Waals surface area contributed by atoms with E-state index in [9.17, 15) is 4.79 Å². The Balaban J connectivity index is 2.10. The molecule has 1 aromatic heterocycles. The molecule has 0 bridgehead atoms. The second-order valence-corrected chi connectivity index (χ2v) is 6.12. The van der Waals surface area contributed by atoms with E-state index >= 15 is 0 Å². The van der Waals surface area contributed by atoms with Gasteiger partial charge in [-0.05, 0) is 25.1 Å². The molecule has 100 valence electrons. The van der Waals surface area contributed by atoms with Crippen LogP contribution in [-0.4, -0.2) is 16.3 Å². The van der Waals surface area contributed by atoms with Crippen molar-refractivity contribution in [1.82, 2.24) is 5.16 Å². The number of nitrogens with one attached hydrogen (secondary N) is 1. The first kappa shape index (κ1) is 13.7. The van der Waals surface area contributed by atoms with Crippen LogP contribution in [0.3, 0.4) is 0 Å². The molecule has 1 aromatic carbocycles. The first-order valence-electron chi connectivity index (χ1n) is 6.06. The fourth-order valence-corrected chi connectivity index (χ4v) is 2.49. The predicted octanol–water partition coefficient (Wildman–Crippen LogP) is 3.74. The van der Waals surface area contributed by atoms with E-state index in [-0.39, 0.29) is 5.91 Å². The summed E-state index contributed by atoms with van der Waals surface area (Å²) in [5.41, 5.74) is 0.617. The third-order valence-electron chi connectivity index (χ3n) is 2.34. The van der Waals surface area contributed by atoms with Crippen LogP contribution in [0, 0.1) is 6.92 Å². The molecule has 0 aliphatic carbocycles. The van der Waals surface area contributed by atoms with E-state index in [2.05, 4.69) is 24.3 Å². The molecule has 2 aromatic rings. The maximum Gasteiger partial charge on any atom is 0.256 e. The Morgan fingerprint density at radius 1 is 1.37 bits per heavy atom. The molecule has 0 aliphatic heterocycles. The summed E-state index contributed by atoms with van der Waals surface area (Å²) in [6, 6.07) is 9.24. The first-order chi connectivity index (χ1) is 9.04. The van der Waals surface area contributed by atoms with Gasteiger partial charge in [0.15, 0.2) is 5.82 Å². The molecule has 0 unspecified atom stereocenters. The largest absolute Gasteiger partial charge is 0.360 e. The number of hydrogen-bond donors (Lipinski definition) is 1. The molecule has 0 spiro atoms. The van der Waals surface area contributed by atoms with Gasteiger partial charge >= 0.3 is 0 Å². The molecule has 2 rings (SSSR count). The maximum absolute atomic E-state index is 12.1. The van der Waals surface area contributed by atoms with E-state index in [1.807, 2.05) is 18.2 Å². The van der Waals surface area contributed by atoms with Crippen LogP contribution in [-0.2, 0) is 0 Å². The summed E-state index contributed by atoms with van der Waals surface area (Å²) in [4.78, 5) is 13.1. The standard InChI is InChI=1S/C14H16N2O2S/c1-9(2)19-12-6-4-5-11(8-12)14(17)15-13-7-10(3)18-16-13/h4-9H,1-3H3,(H,15,16,17). The molecule has 0 aliphatic rings. The number of aromatic nitrogens is 1. The lowest BCUT2D eigenvalue weighted by atomic mass is 10.2. The van der Waals surface area contributed by atoms with Crippen LogP contribution in [0.4, 0.5) is 5.82 Å². The topological polar surface area (TPSA) is 55.1 Å². The molecule has 0 radical (unpaired) electrons. The summed E-state index contributed by atoms with van der Waals surface area (Å²) < 4.78 is 4.91. The minimum Gasteiger partial charge on any atom is -0.360 e. The van der Waals surface area contributed by atoms with Crippen LogP contribution in [0.1, 0.15) is 30.0 Å². The lowest BCUT2D eigenvalue weighted by Crippen LogP contribution is -2.12. The number of hydrogen-bond acceptors (Lipinski definition) is 4. The van der Waals surface area contributed by atoms with Gasteiger partial charge in [0.1, 0.15) is 5.76 Å². The molecule has 5 heteroatoms. The minimum absolute atomic E-state index is 0.181. The number of aryl methyl sites for hydroxylation is 1. The third kappa shape index (κ3) is 3.86. The van der Waals surface area contributed by atoms with Crippen molar-refractivity contribution in [2.45, 2.75) is 30.9 Å². The fourth-order valence-electron chi connectivity index (χ4n) is 1.60. The molecular formula is C14H16N2O2S. The van der Waals surface area contributed by atoms with Crippen LogP contribution < -0.4 is 5.32 Å². The molecule has 0 saturated heterocycles. The number of nitrogens with zero attached hydrogens (tertiary/aromatic N) is 1. The zero-order valence-electron chi connectivity index (χ0n) is 11.1. The molecule has 1 N–H and O–H groups in total. The summed E-state index contributed by atoms with van der Waals surface area (Å²) >= 11 is 1.73. The molecule has 1 amide bonds. The summed E-state index contributed by atoms with van der Waals surface area (Å²) in [5.74, 6) is 0.920. The van der Waals surface area contributed by atoms with Crippen molar-refractivity contribution in [3.05, 3.63) is 41.7 Å². The van der Waals surface area contributed by atoms with Gasteiger partial charge in [0.05, 0.1) is 0 Å². The Kier molecular flexibility index (Phi) is 4.27. The Hall–Kier alpha value is -1.75. The quantitative estimate of drug-likeness (QED) is 0.864. The molecule has 1 heterocycles. The van der Waals surface area contributed by atoms with Crippen molar-refractivity contribution in [2.24, 2.45) is 0 Å². The minimum atomic E-state index is -0.181. The maximum atomic E-state index is 12.1. The lowest BCUT2D eigenvalue weighted by molar-refractivity contribution is 0.102. The van der Waals surface area contributed by atoms with Gasteiger partial charge in [-0.15, -0.1) is 11.8 Å². The molecule has 0 saturated carbocycles. The molecule has 19 heavy (non-hydrogen) atoms. The van der Waals surface area contributed by atoms with Crippen LogP contribution in [0.5, 0.6) is 0 Å². The van der Waals surface area contributed by atoms with Crippen LogP contribution in [0.15, 0.2) is 39.8 Å². The highest BCUT2D eigenvalue weighted by atomic mass is 32.2. The van der Waals surface area contributed by atoms with Gasteiger partial charge in [0.25, 0.3) is 5.91 Å². The molecule has 4 nitrogen and oxygen atoms in total. The average Bonchev–Trinajstić information content (AvgIpc) is 2.74. The van der Waals surface area contributed by atoms with E-state index in [0.717, 1.165) is 4.90 Å². The van der Waals surface area contributed by atoms with Crippen molar-refractivity contribution in [1.29, 1.82) is 0 Å². The predicted molar refractivity (Wildman–Crippen MR) is 76.6 cm³/mol. The smallest absolute Gasteiger partial charge is 0.256 e. The molecule has 0 fully saturated rings. The Bertz CT molecular complexity index is 578. The zero-order chi connectivity index (χ0) is 13.8. The SMILES string of the molecule is Cc1cc(NC(=O)c2cccc(SC(C)C)c2)no1. The number of benzene rings is 1. The Labute approximate surface area is 116 Å². The lowest BCUT2D eigenvalue weighted by Gasteiger charge is -2.06. The number of carbonyl (C=O) groups excluding carboxylic acids is 1. The average molecular weight is 276 g/mol. The van der Waals surface area contributed by atoms with Crippen LogP contribution >= 0.6 is 11.8 Å². The van der Waals surface area contributed by atoms with Gasteiger partial charge in [0, 0.05) is 21.8 Å². The van der Waals surface area contributed by atoms with E-state index in [1.165, 1.54) is 0 Å². The third-order valence-corrected chi connectivity index (χ3v) is 3.34. The van der Waals surface area contributed by atoms with Gasteiger partial charge in [-0.25, -0.2) is 0 Å². The highest BCUT2D eigenvalue weighted by molar-refractivity contribution is 7.99. The fraction of sp³-hybridized carbons (Fsp3) is 0.286. The number of thioether (sulfide) groups is 1. The number of rotatable bonds is 4. The number of carbonyl (C=O) groups is 1. The molecule has 0 atom stereocenters. The van der Waals surface area contributed by atoms with Gasteiger partial charge in [-0.3, -0.25) is 4.79 Å². The number of amides is 1. The van der Waals surface area contributed by atoms with Crippen molar-refractivity contribution < 1.29 is 9.32 Å². The molecular weight excluding hydrogens is 260 g/mol. The van der Waals surface area contributed by atoms with Gasteiger partial charge in [-0.1, -0.05) is 25.1 Å². The second-order valence-electron chi connectivity index (χ2n) is 4.47. The normalized spacial score (nSPS) is 10.7. The van der Waals surface area contributed by atoms with E-state index in [1.54, 1.807) is 30.8 Å². The number of anilines is 1. The Morgan fingerprint density at radius 2 is 2.16 bits per heavy atom. The van der Waals surface area contributed by atoms with Crippen molar-refractivity contribution in [3.63, 3.8) is 0 Å². The Morgan fingerprint density at radius 3 is 2.79 bits per heavy atom.